The number of carbonyl (C=O) groups is 2. The highest BCUT2D eigenvalue weighted by molar-refractivity contribution is 5.78. The van der Waals surface area contributed by atoms with E-state index in [0.717, 1.165) is 12.8 Å². The Morgan fingerprint density at radius 1 is 1.27 bits per heavy atom. The van der Waals surface area contributed by atoms with E-state index < -0.39 is 0 Å². The molecule has 1 aliphatic carbocycles. The van der Waals surface area contributed by atoms with Gasteiger partial charge in [-0.3, -0.25) is 9.59 Å². The van der Waals surface area contributed by atoms with Crippen molar-refractivity contribution in [1.82, 2.24) is 16.0 Å². The minimum atomic E-state index is -0.0277. The van der Waals surface area contributed by atoms with E-state index in [0.29, 0.717) is 25.6 Å². The summed E-state index contributed by atoms with van der Waals surface area (Å²) in [7, 11) is 0. The first-order chi connectivity index (χ1) is 7.22. The van der Waals surface area contributed by atoms with Gasteiger partial charge in [0.15, 0.2) is 0 Å². The molecule has 1 aliphatic rings. The van der Waals surface area contributed by atoms with Crippen LogP contribution >= 0.6 is 0 Å². The topological polar surface area (TPSA) is 70.2 Å². The smallest absolute Gasteiger partial charge is 0.233 e. The number of nitrogens with one attached hydrogen (secondary N) is 3. The first-order valence-electron chi connectivity index (χ1n) is 5.49. The number of carbonyl (C=O) groups excluding carboxylic acids is 2. The summed E-state index contributed by atoms with van der Waals surface area (Å²) in [5.41, 5.74) is 0. The van der Waals surface area contributed by atoms with Gasteiger partial charge < -0.3 is 16.0 Å². The molecule has 0 aromatic carbocycles. The van der Waals surface area contributed by atoms with Crippen LogP contribution in [-0.2, 0) is 9.59 Å². The van der Waals surface area contributed by atoms with Crippen molar-refractivity contribution in [3.8, 4) is 0 Å². The molecule has 0 spiro atoms. The average molecular weight is 213 g/mol. The van der Waals surface area contributed by atoms with Gasteiger partial charge in [-0.2, -0.15) is 0 Å². The van der Waals surface area contributed by atoms with Crippen LogP contribution < -0.4 is 16.0 Å². The maximum atomic E-state index is 11.2. The second-order valence-corrected chi connectivity index (χ2v) is 3.72. The predicted octanol–water partition coefficient (Wildman–Crippen LogP) is -0.619. The molecule has 0 aromatic heterocycles. The Hall–Kier alpha value is -1.10. The van der Waals surface area contributed by atoms with Gasteiger partial charge in [0.25, 0.3) is 0 Å². The fourth-order valence-corrected chi connectivity index (χ4v) is 1.19. The molecule has 0 aliphatic heterocycles. The van der Waals surface area contributed by atoms with Crippen LogP contribution in [0.15, 0.2) is 0 Å². The van der Waals surface area contributed by atoms with E-state index in [-0.39, 0.29) is 18.4 Å². The third-order valence-corrected chi connectivity index (χ3v) is 2.13. The van der Waals surface area contributed by atoms with Crippen LogP contribution in [0.1, 0.15) is 26.2 Å². The van der Waals surface area contributed by atoms with E-state index in [2.05, 4.69) is 16.0 Å². The molecule has 1 rings (SSSR count). The van der Waals surface area contributed by atoms with Gasteiger partial charge in [-0.25, -0.2) is 0 Å². The van der Waals surface area contributed by atoms with E-state index in [1.54, 1.807) is 0 Å². The average Bonchev–Trinajstić information content (AvgIpc) is 2.97. The molecular weight excluding hydrogens is 194 g/mol. The third kappa shape index (κ3) is 6.06. The zero-order chi connectivity index (χ0) is 11.1. The highest BCUT2D eigenvalue weighted by Gasteiger charge is 2.22. The lowest BCUT2D eigenvalue weighted by Crippen LogP contribution is -2.36. The molecule has 3 N–H and O–H groups in total. The quantitative estimate of drug-likeness (QED) is 0.494. The summed E-state index contributed by atoms with van der Waals surface area (Å²) in [5.74, 6) is 0.0426. The lowest BCUT2D eigenvalue weighted by atomic mass is 10.4. The molecule has 0 atom stereocenters. The van der Waals surface area contributed by atoms with Crippen LogP contribution in [0.25, 0.3) is 0 Å². The molecule has 86 valence electrons. The van der Waals surface area contributed by atoms with Crippen molar-refractivity contribution in [3.05, 3.63) is 0 Å². The Labute approximate surface area is 90.0 Å². The van der Waals surface area contributed by atoms with Gasteiger partial charge in [-0.15, -0.1) is 0 Å². The normalized spacial score (nSPS) is 14.7. The molecule has 5 heteroatoms. The Balaban J connectivity index is 1.91. The minimum absolute atomic E-state index is 0.0277. The lowest BCUT2D eigenvalue weighted by Gasteiger charge is -2.05. The van der Waals surface area contributed by atoms with Crippen molar-refractivity contribution in [2.24, 2.45) is 0 Å². The zero-order valence-corrected chi connectivity index (χ0v) is 9.14. The molecule has 0 aromatic rings. The van der Waals surface area contributed by atoms with E-state index in [1.807, 2.05) is 6.92 Å². The number of amides is 2. The van der Waals surface area contributed by atoms with Crippen LogP contribution in [-0.4, -0.2) is 37.5 Å². The Morgan fingerprint density at radius 2 is 2.00 bits per heavy atom. The van der Waals surface area contributed by atoms with Gasteiger partial charge in [0.1, 0.15) is 0 Å². The summed E-state index contributed by atoms with van der Waals surface area (Å²) in [6, 6.07) is 0.417. The summed E-state index contributed by atoms with van der Waals surface area (Å²) in [6.45, 7) is 3.35. The fourth-order valence-electron chi connectivity index (χ4n) is 1.19. The summed E-state index contributed by atoms with van der Waals surface area (Å²) in [4.78, 5) is 22.2. The summed E-state index contributed by atoms with van der Waals surface area (Å²) >= 11 is 0. The van der Waals surface area contributed by atoms with Gasteiger partial charge in [0.05, 0.1) is 6.54 Å². The summed E-state index contributed by atoms with van der Waals surface area (Å²) < 4.78 is 0. The molecule has 1 saturated carbocycles. The van der Waals surface area contributed by atoms with Gasteiger partial charge in [0.2, 0.25) is 11.8 Å². The minimum Gasteiger partial charge on any atom is -0.355 e. The third-order valence-electron chi connectivity index (χ3n) is 2.13. The Kier molecular flexibility index (Phi) is 5.10. The van der Waals surface area contributed by atoms with Crippen LogP contribution in [0.2, 0.25) is 0 Å². The van der Waals surface area contributed by atoms with Crippen LogP contribution in [0.3, 0.4) is 0 Å². The van der Waals surface area contributed by atoms with E-state index in [1.165, 1.54) is 0 Å². The SMILES string of the molecule is CCNC(=O)CNCCC(=O)NC1CC1. The maximum Gasteiger partial charge on any atom is 0.233 e. The predicted molar refractivity (Wildman–Crippen MR) is 57.3 cm³/mol. The molecule has 2 amide bonds. The maximum absolute atomic E-state index is 11.2. The van der Waals surface area contributed by atoms with E-state index in [9.17, 15) is 9.59 Å². The van der Waals surface area contributed by atoms with Crippen LogP contribution in [0, 0.1) is 0 Å². The molecule has 0 unspecified atom stereocenters. The van der Waals surface area contributed by atoms with Crippen molar-refractivity contribution in [2.75, 3.05) is 19.6 Å². The number of rotatable bonds is 7. The highest BCUT2D eigenvalue weighted by atomic mass is 16.2. The lowest BCUT2D eigenvalue weighted by molar-refractivity contribution is -0.122. The van der Waals surface area contributed by atoms with Crippen LogP contribution in [0.5, 0.6) is 0 Å². The number of hydrogen-bond acceptors (Lipinski definition) is 3. The number of hydrogen-bond donors (Lipinski definition) is 3. The molecule has 0 bridgehead atoms. The van der Waals surface area contributed by atoms with Crippen LogP contribution in [0.4, 0.5) is 0 Å². The number of likely N-dealkylation sites (N-methyl/N-ethyl adjacent to an activating group) is 1. The second-order valence-electron chi connectivity index (χ2n) is 3.72. The van der Waals surface area contributed by atoms with E-state index >= 15 is 0 Å². The Bertz CT molecular complexity index is 227. The Morgan fingerprint density at radius 3 is 2.60 bits per heavy atom. The van der Waals surface area contributed by atoms with Gasteiger partial charge >= 0.3 is 0 Å². The van der Waals surface area contributed by atoms with Crippen molar-refractivity contribution in [1.29, 1.82) is 0 Å². The molecular formula is C10H19N3O2. The van der Waals surface area contributed by atoms with Crippen molar-refractivity contribution >= 4 is 11.8 Å². The second kappa shape index (κ2) is 6.40. The molecule has 0 radical (unpaired) electrons. The molecule has 1 fully saturated rings. The largest absolute Gasteiger partial charge is 0.355 e. The molecule has 0 saturated heterocycles. The summed E-state index contributed by atoms with van der Waals surface area (Å²) in [5, 5.41) is 8.48. The monoisotopic (exact) mass is 213 g/mol. The van der Waals surface area contributed by atoms with Crippen molar-refractivity contribution < 1.29 is 9.59 Å². The molecule has 5 nitrogen and oxygen atoms in total. The van der Waals surface area contributed by atoms with Gasteiger partial charge in [-0.05, 0) is 19.8 Å². The zero-order valence-electron chi connectivity index (χ0n) is 9.14. The fraction of sp³-hybridized carbons (Fsp3) is 0.800. The van der Waals surface area contributed by atoms with Crippen molar-refractivity contribution in [3.63, 3.8) is 0 Å². The van der Waals surface area contributed by atoms with E-state index in [4.69, 9.17) is 0 Å². The highest BCUT2D eigenvalue weighted by Crippen LogP contribution is 2.18. The van der Waals surface area contributed by atoms with Gasteiger partial charge in [-0.1, -0.05) is 0 Å². The molecule has 15 heavy (non-hydrogen) atoms. The van der Waals surface area contributed by atoms with Crippen molar-refractivity contribution in [2.45, 2.75) is 32.2 Å². The first-order valence-corrected chi connectivity index (χ1v) is 5.49. The summed E-state index contributed by atoms with van der Waals surface area (Å²) in [6.07, 6.45) is 2.66. The standard InChI is InChI=1S/C10H19N3O2/c1-2-12-10(15)7-11-6-5-9(14)13-8-3-4-8/h8,11H,2-7H2,1H3,(H,12,15)(H,13,14). The first kappa shape index (κ1) is 12.0. The molecule has 0 heterocycles. The van der Waals surface area contributed by atoms with Gasteiger partial charge in [0, 0.05) is 25.6 Å².